The van der Waals surface area contributed by atoms with Gasteiger partial charge in [0, 0.05) is 43.0 Å². The fourth-order valence-corrected chi connectivity index (χ4v) is 9.54. The number of ether oxygens (including phenoxy) is 1. The minimum Gasteiger partial charge on any atom is -0.444 e. The largest absolute Gasteiger partial charge is 0.444 e. The number of hydrogen-bond acceptors (Lipinski definition) is 9. The quantitative estimate of drug-likeness (QED) is 0.370. The molecular formula is C40H50N6O8S. The number of carbonyl (C=O) groups is 5. The highest BCUT2D eigenvalue weighted by atomic mass is 32.2. The number of likely N-dealkylation sites (tertiary alicyclic amines) is 1. The lowest BCUT2D eigenvalue weighted by Crippen LogP contribution is -2.60. The van der Waals surface area contributed by atoms with Crippen molar-refractivity contribution in [2.75, 3.05) is 19.6 Å². The van der Waals surface area contributed by atoms with Crippen molar-refractivity contribution in [3.63, 3.8) is 0 Å². The van der Waals surface area contributed by atoms with Crippen molar-refractivity contribution in [2.24, 2.45) is 17.8 Å². The molecule has 0 unspecified atom stereocenters. The normalized spacial score (nSPS) is 29.0. The lowest BCUT2D eigenvalue weighted by molar-refractivity contribution is -0.142. The SMILES string of the molecule is CC(C)(C)OC(=O)N[C@@H]1CCCCC/C=C\[C@H]2C[C@@]2(C(=O)NS(=O)(=O)C2CC2)NC(=O)[C@@H]2[C@H]3CN(C(=O)c4cccc(-c5ccccc5)n4)C[C@H]3CN2C1=O. The number of sulfonamides is 1. The van der Waals surface area contributed by atoms with Crippen molar-refractivity contribution in [1.29, 1.82) is 0 Å². The summed E-state index contributed by atoms with van der Waals surface area (Å²) in [4.78, 5) is 77.8. The first-order chi connectivity index (χ1) is 26.1. The maximum atomic E-state index is 14.7. The highest BCUT2D eigenvalue weighted by Crippen LogP contribution is 2.47. The van der Waals surface area contributed by atoms with Gasteiger partial charge < -0.3 is 25.2 Å². The Morgan fingerprint density at radius 2 is 1.71 bits per heavy atom. The van der Waals surface area contributed by atoms with Crippen molar-refractivity contribution in [3.05, 3.63) is 66.4 Å². The zero-order valence-corrected chi connectivity index (χ0v) is 32.3. The van der Waals surface area contributed by atoms with Gasteiger partial charge in [0.25, 0.3) is 11.8 Å². The predicted octanol–water partition coefficient (Wildman–Crippen LogP) is 3.54. The van der Waals surface area contributed by atoms with Crippen LogP contribution in [0.25, 0.3) is 11.3 Å². The van der Waals surface area contributed by atoms with Crippen LogP contribution in [0.1, 0.15) is 82.6 Å². The molecule has 7 rings (SSSR count). The van der Waals surface area contributed by atoms with Gasteiger partial charge in [0.15, 0.2) is 0 Å². The molecule has 3 N–H and O–H groups in total. The van der Waals surface area contributed by atoms with E-state index in [0.29, 0.717) is 37.8 Å². The van der Waals surface area contributed by atoms with Crippen molar-refractivity contribution >= 4 is 39.7 Å². The summed E-state index contributed by atoms with van der Waals surface area (Å²) in [5, 5.41) is 5.05. The number of carbonyl (C=O) groups excluding carboxylic acids is 5. The van der Waals surface area contributed by atoms with Gasteiger partial charge in [-0.3, -0.25) is 23.9 Å². The smallest absolute Gasteiger partial charge is 0.408 e. The Morgan fingerprint density at radius 3 is 2.44 bits per heavy atom. The van der Waals surface area contributed by atoms with E-state index in [1.54, 1.807) is 37.8 Å². The zero-order valence-electron chi connectivity index (χ0n) is 31.5. The molecule has 1 aromatic heterocycles. The molecular weight excluding hydrogens is 725 g/mol. The molecule has 0 bridgehead atoms. The summed E-state index contributed by atoms with van der Waals surface area (Å²) >= 11 is 0. The van der Waals surface area contributed by atoms with Crippen LogP contribution < -0.4 is 15.4 Å². The van der Waals surface area contributed by atoms with E-state index in [0.717, 1.165) is 18.4 Å². The van der Waals surface area contributed by atoms with Crippen molar-refractivity contribution in [1.82, 2.24) is 30.1 Å². The van der Waals surface area contributed by atoms with E-state index < -0.39 is 74.1 Å². The van der Waals surface area contributed by atoms with Gasteiger partial charge in [-0.1, -0.05) is 61.4 Å². The molecule has 0 spiro atoms. The third kappa shape index (κ3) is 8.41. The zero-order chi connectivity index (χ0) is 39.1. The van der Waals surface area contributed by atoms with Crippen molar-refractivity contribution < 1.29 is 37.1 Å². The number of alkyl carbamates (subject to hydrolysis) is 1. The van der Waals surface area contributed by atoms with Gasteiger partial charge in [0.05, 0.1) is 10.9 Å². The molecule has 4 heterocycles. The fraction of sp³-hybridized carbons (Fsp3) is 0.550. The molecule has 2 aliphatic carbocycles. The molecule has 294 valence electrons. The number of amides is 5. The summed E-state index contributed by atoms with van der Waals surface area (Å²) in [7, 11) is -3.91. The maximum absolute atomic E-state index is 14.7. The Kier molecular flexibility index (Phi) is 10.5. The highest BCUT2D eigenvalue weighted by Gasteiger charge is 2.63. The molecule has 4 fully saturated rings. The average Bonchev–Trinajstić information content (AvgIpc) is 4.04. The van der Waals surface area contributed by atoms with Crippen molar-refractivity contribution in [2.45, 2.75) is 101 Å². The van der Waals surface area contributed by atoms with Gasteiger partial charge in [0.1, 0.15) is 28.9 Å². The van der Waals surface area contributed by atoms with Gasteiger partial charge in [-0.25, -0.2) is 18.2 Å². The Balaban J connectivity index is 1.18. The van der Waals surface area contributed by atoms with Crippen LogP contribution in [-0.2, 0) is 29.1 Å². The van der Waals surface area contributed by atoms with Crippen LogP contribution in [0.5, 0.6) is 0 Å². The van der Waals surface area contributed by atoms with E-state index in [9.17, 15) is 32.4 Å². The molecule has 0 radical (unpaired) electrons. The number of fused-ring (bicyclic) bond motifs is 4. The second-order valence-corrected chi connectivity index (χ2v) is 18.5. The molecule has 15 heteroatoms. The molecule has 55 heavy (non-hydrogen) atoms. The lowest BCUT2D eigenvalue weighted by Gasteiger charge is -2.33. The number of pyridine rings is 1. The van der Waals surface area contributed by atoms with Crippen LogP contribution in [0.3, 0.4) is 0 Å². The van der Waals surface area contributed by atoms with E-state index >= 15 is 0 Å². The minimum absolute atomic E-state index is 0.133. The third-order valence-corrected chi connectivity index (χ3v) is 13.0. The standard InChI is InChI=1S/C40H50N6O8S/c1-39(2,3)54-38(51)42-32-16-11-6-4-5-10-15-27-21-40(27,37(50)44-55(52,53)28-19-20-28)43-34(47)33-29-24-45(22-26(29)23-46(33)36(32)49)35(48)31-18-12-17-30(41-31)25-13-8-7-9-14-25/h7-10,12-15,17-18,26-29,32-33H,4-6,11,16,19-24H2,1-3H3,(H,42,51)(H,43,47)(H,44,50)/b15-10-/t26-,27-,29-,32+,33-,40+/m0/s1. The fourth-order valence-electron chi connectivity index (χ4n) is 8.17. The minimum atomic E-state index is -3.91. The summed E-state index contributed by atoms with van der Waals surface area (Å²) < 4.78 is 33.5. The molecule has 1 aromatic carbocycles. The molecule has 5 aliphatic rings. The average molecular weight is 775 g/mol. The topological polar surface area (TPSA) is 184 Å². The van der Waals surface area contributed by atoms with E-state index in [1.807, 2.05) is 48.6 Å². The summed E-state index contributed by atoms with van der Waals surface area (Å²) in [6.45, 7) is 5.73. The molecule has 6 atom stereocenters. The van der Waals surface area contributed by atoms with Gasteiger partial charge >= 0.3 is 6.09 Å². The van der Waals surface area contributed by atoms with E-state index in [2.05, 4.69) is 20.3 Å². The summed E-state index contributed by atoms with van der Waals surface area (Å²) in [5.41, 5.74) is -0.565. The Bertz CT molecular complexity index is 1980. The second-order valence-electron chi connectivity index (χ2n) is 16.6. The number of rotatable bonds is 6. The molecule has 2 saturated carbocycles. The Hall–Kier alpha value is -4.79. The number of aromatic nitrogens is 1. The molecule has 2 aromatic rings. The first-order valence-electron chi connectivity index (χ1n) is 19.3. The Labute approximate surface area is 321 Å². The van der Waals surface area contributed by atoms with Crippen molar-refractivity contribution in [3.8, 4) is 11.3 Å². The van der Waals surface area contributed by atoms with Gasteiger partial charge in [-0.05, 0) is 71.4 Å². The number of benzene rings is 1. The van der Waals surface area contributed by atoms with Crippen LogP contribution in [0.2, 0.25) is 0 Å². The van der Waals surface area contributed by atoms with Gasteiger partial charge in [-0.15, -0.1) is 0 Å². The van der Waals surface area contributed by atoms with Crippen LogP contribution >= 0.6 is 0 Å². The van der Waals surface area contributed by atoms with E-state index in [-0.39, 0.29) is 43.6 Å². The molecule has 5 amide bonds. The number of nitrogens with zero attached hydrogens (tertiary/aromatic N) is 3. The molecule has 3 aliphatic heterocycles. The van der Waals surface area contributed by atoms with Crippen LogP contribution in [0.4, 0.5) is 4.79 Å². The second kappa shape index (κ2) is 15.0. The predicted molar refractivity (Wildman–Crippen MR) is 203 cm³/mol. The maximum Gasteiger partial charge on any atom is 0.408 e. The summed E-state index contributed by atoms with van der Waals surface area (Å²) in [6, 6.07) is 12.7. The Morgan fingerprint density at radius 1 is 0.945 bits per heavy atom. The number of nitrogens with one attached hydrogen (secondary N) is 3. The van der Waals surface area contributed by atoms with Crippen LogP contribution in [0.15, 0.2) is 60.7 Å². The number of hydrogen-bond donors (Lipinski definition) is 3. The summed E-state index contributed by atoms with van der Waals surface area (Å²) in [5.74, 6) is -3.41. The third-order valence-electron chi connectivity index (χ3n) is 11.2. The number of allylic oxidation sites excluding steroid dienone is 1. The van der Waals surface area contributed by atoms with E-state index in [4.69, 9.17) is 4.74 Å². The van der Waals surface area contributed by atoms with Gasteiger partial charge in [0.2, 0.25) is 21.8 Å². The lowest BCUT2D eigenvalue weighted by atomic mass is 9.93. The monoisotopic (exact) mass is 774 g/mol. The summed E-state index contributed by atoms with van der Waals surface area (Å²) in [6.07, 6.45) is 7.39. The van der Waals surface area contributed by atoms with Crippen LogP contribution in [0, 0.1) is 17.8 Å². The van der Waals surface area contributed by atoms with Gasteiger partial charge in [-0.2, -0.15) is 0 Å². The molecule has 2 saturated heterocycles. The molecule has 14 nitrogen and oxygen atoms in total. The first kappa shape index (κ1) is 38.5. The first-order valence-corrected chi connectivity index (χ1v) is 20.9. The van der Waals surface area contributed by atoms with E-state index in [1.165, 1.54) is 4.90 Å². The highest BCUT2D eigenvalue weighted by molar-refractivity contribution is 7.91. The van der Waals surface area contributed by atoms with Crippen LogP contribution in [-0.4, -0.2) is 101 Å².